The van der Waals surface area contributed by atoms with Gasteiger partial charge in [-0.05, 0) is 36.5 Å². The first kappa shape index (κ1) is 18.4. The van der Waals surface area contributed by atoms with Crippen molar-refractivity contribution >= 4 is 11.8 Å². The standard InChI is InChI=1S/C19H27FN2O2/c1-13(2)17-11-22(12-18(17)21-14(3)23)19(24)6-4-5-15-7-9-16(20)10-8-15/h7-10,13,17-18H,4-6,11-12H2,1-3H3,(H,21,23)/t17-,18+/m0/s1. The van der Waals surface area contributed by atoms with Crippen LogP contribution in [0.4, 0.5) is 4.39 Å². The molecular weight excluding hydrogens is 307 g/mol. The van der Waals surface area contributed by atoms with Crippen molar-refractivity contribution in [3.8, 4) is 0 Å². The first-order valence-corrected chi connectivity index (χ1v) is 8.66. The Labute approximate surface area is 143 Å². The predicted octanol–water partition coefficient (Wildman–Crippen LogP) is 2.77. The van der Waals surface area contributed by atoms with Crippen LogP contribution in [0.15, 0.2) is 24.3 Å². The molecule has 1 fully saturated rings. The summed E-state index contributed by atoms with van der Waals surface area (Å²) in [5.41, 5.74) is 1.04. The Bertz CT molecular complexity index is 571. The number of aryl methyl sites for hydroxylation is 1. The van der Waals surface area contributed by atoms with Crippen LogP contribution < -0.4 is 5.32 Å². The number of rotatable bonds is 6. The molecule has 2 atom stereocenters. The molecular formula is C19H27FN2O2. The molecule has 1 aliphatic rings. The molecule has 0 radical (unpaired) electrons. The van der Waals surface area contributed by atoms with Gasteiger partial charge in [0.1, 0.15) is 5.82 Å². The van der Waals surface area contributed by atoms with E-state index in [1.165, 1.54) is 19.1 Å². The Morgan fingerprint density at radius 3 is 2.50 bits per heavy atom. The number of hydrogen-bond donors (Lipinski definition) is 1. The van der Waals surface area contributed by atoms with E-state index in [0.29, 0.717) is 31.3 Å². The minimum atomic E-state index is -0.240. The zero-order valence-corrected chi connectivity index (χ0v) is 14.7. The third-order valence-electron chi connectivity index (χ3n) is 4.73. The smallest absolute Gasteiger partial charge is 0.222 e. The van der Waals surface area contributed by atoms with E-state index >= 15 is 0 Å². The van der Waals surface area contributed by atoms with E-state index in [-0.39, 0.29) is 23.7 Å². The molecule has 5 heteroatoms. The summed E-state index contributed by atoms with van der Waals surface area (Å²) in [7, 11) is 0. The van der Waals surface area contributed by atoms with Crippen LogP contribution in [0.3, 0.4) is 0 Å². The van der Waals surface area contributed by atoms with Gasteiger partial charge < -0.3 is 10.2 Å². The van der Waals surface area contributed by atoms with Gasteiger partial charge in [-0.1, -0.05) is 26.0 Å². The van der Waals surface area contributed by atoms with Crippen LogP contribution in [-0.4, -0.2) is 35.8 Å². The lowest BCUT2D eigenvalue weighted by Crippen LogP contribution is -2.41. The van der Waals surface area contributed by atoms with Crippen molar-refractivity contribution in [3.63, 3.8) is 0 Å². The summed E-state index contributed by atoms with van der Waals surface area (Å²) in [4.78, 5) is 25.7. The molecule has 132 valence electrons. The Balaban J connectivity index is 1.83. The molecule has 0 saturated carbocycles. The van der Waals surface area contributed by atoms with Crippen molar-refractivity contribution in [1.82, 2.24) is 10.2 Å². The topological polar surface area (TPSA) is 49.4 Å². The summed E-state index contributed by atoms with van der Waals surface area (Å²) in [6.45, 7) is 7.07. The van der Waals surface area contributed by atoms with Crippen molar-refractivity contribution in [1.29, 1.82) is 0 Å². The highest BCUT2D eigenvalue weighted by molar-refractivity contribution is 5.77. The lowest BCUT2D eigenvalue weighted by atomic mass is 9.91. The van der Waals surface area contributed by atoms with E-state index in [1.54, 1.807) is 12.1 Å². The molecule has 1 aliphatic heterocycles. The molecule has 2 rings (SSSR count). The first-order chi connectivity index (χ1) is 11.4. The predicted molar refractivity (Wildman–Crippen MR) is 91.9 cm³/mol. The normalized spacial score (nSPS) is 20.5. The number of hydrogen-bond acceptors (Lipinski definition) is 2. The maximum Gasteiger partial charge on any atom is 0.222 e. The summed E-state index contributed by atoms with van der Waals surface area (Å²) in [5, 5.41) is 2.98. The Hall–Kier alpha value is -1.91. The van der Waals surface area contributed by atoms with Crippen LogP contribution in [0.1, 0.15) is 39.2 Å². The quantitative estimate of drug-likeness (QED) is 0.870. The van der Waals surface area contributed by atoms with Crippen LogP contribution in [0, 0.1) is 17.7 Å². The second kappa shape index (κ2) is 8.27. The Morgan fingerprint density at radius 1 is 1.25 bits per heavy atom. The first-order valence-electron chi connectivity index (χ1n) is 8.66. The second-order valence-corrected chi connectivity index (χ2v) is 6.99. The summed E-state index contributed by atoms with van der Waals surface area (Å²) in [6.07, 6.45) is 2.00. The summed E-state index contributed by atoms with van der Waals surface area (Å²) >= 11 is 0. The fourth-order valence-corrected chi connectivity index (χ4v) is 3.37. The number of likely N-dealkylation sites (tertiary alicyclic amines) is 1. The lowest BCUT2D eigenvalue weighted by molar-refractivity contribution is -0.130. The highest BCUT2D eigenvalue weighted by atomic mass is 19.1. The van der Waals surface area contributed by atoms with Gasteiger partial charge in [-0.15, -0.1) is 0 Å². The van der Waals surface area contributed by atoms with Gasteiger partial charge in [0.25, 0.3) is 0 Å². The Kier molecular flexibility index (Phi) is 6.35. The van der Waals surface area contributed by atoms with Crippen LogP contribution in [-0.2, 0) is 16.0 Å². The van der Waals surface area contributed by atoms with E-state index in [2.05, 4.69) is 19.2 Å². The van der Waals surface area contributed by atoms with E-state index in [0.717, 1.165) is 18.4 Å². The molecule has 2 amide bonds. The van der Waals surface area contributed by atoms with E-state index in [4.69, 9.17) is 0 Å². The van der Waals surface area contributed by atoms with Gasteiger partial charge in [0.15, 0.2) is 0 Å². The van der Waals surface area contributed by atoms with Crippen molar-refractivity contribution in [2.24, 2.45) is 11.8 Å². The van der Waals surface area contributed by atoms with Gasteiger partial charge in [0.2, 0.25) is 11.8 Å². The third-order valence-corrected chi connectivity index (χ3v) is 4.73. The average molecular weight is 334 g/mol. The molecule has 1 heterocycles. The number of halogens is 1. The summed E-state index contributed by atoms with van der Waals surface area (Å²) in [5.74, 6) is 0.566. The molecule has 1 N–H and O–H groups in total. The minimum absolute atomic E-state index is 0.0450. The molecule has 0 unspecified atom stereocenters. The number of carbonyl (C=O) groups is 2. The SMILES string of the molecule is CC(=O)N[C@@H]1CN(C(=O)CCCc2ccc(F)cc2)C[C@H]1C(C)C. The van der Waals surface area contributed by atoms with E-state index < -0.39 is 0 Å². The fraction of sp³-hybridized carbons (Fsp3) is 0.579. The maximum atomic E-state index is 12.9. The molecule has 1 saturated heterocycles. The molecule has 0 bridgehead atoms. The van der Waals surface area contributed by atoms with Gasteiger partial charge in [-0.3, -0.25) is 9.59 Å². The number of amides is 2. The number of carbonyl (C=O) groups excluding carboxylic acids is 2. The van der Waals surface area contributed by atoms with Gasteiger partial charge in [0, 0.05) is 32.4 Å². The van der Waals surface area contributed by atoms with Gasteiger partial charge in [-0.25, -0.2) is 4.39 Å². The highest BCUT2D eigenvalue weighted by Gasteiger charge is 2.36. The van der Waals surface area contributed by atoms with Crippen LogP contribution in [0.2, 0.25) is 0 Å². The van der Waals surface area contributed by atoms with Crippen LogP contribution >= 0.6 is 0 Å². The molecule has 24 heavy (non-hydrogen) atoms. The number of nitrogens with zero attached hydrogens (tertiary/aromatic N) is 1. The molecule has 1 aromatic rings. The van der Waals surface area contributed by atoms with Crippen molar-refractivity contribution in [3.05, 3.63) is 35.6 Å². The highest BCUT2D eigenvalue weighted by Crippen LogP contribution is 2.25. The van der Waals surface area contributed by atoms with Crippen LogP contribution in [0.5, 0.6) is 0 Å². The van der Waals surface area contributed by atoms with Gasteiger partial charge in [-0.2, -0.15) is 0 Å². The fourth-order valence-electron chi connectivity index (χ4n) is 3.37. The molecule has 0 aromatic heterocycles. The summed E-state index contributed by atoms with van der Waals surface area (Å²) in [6, 6.07) is 6.46. The monoisotopic (exact) mass is 334 g/mol. The van der Waals surface area contributed by atoms with Crippen molar-refractivity contribution < 1.29 is 14.0 Å². The molecule has 0 spiro atoms. The van der Waals surface area contributed by atoms with E-state index in [1.807, 2.05) is 4.90 Å². The molecule has 1 aromatic carbocycles. The largest absolute Gasteiger partial charge is 0.351 e. The number of benzene rings is 1. The lowest BCUT2D eigenvalue weighted by Gasteiger charge is -2.21. The Morgan fingerprint density at radius 2 is 1.92 bits per heavy atom. The molecule has 0 aliphatic carbocycles. The second-order valence-electron chi connectivity index (χ2n) is 6.99. The maximum absolute atomic E-state index is 12.9. The van der Waals surface area contributed by atoms with E-state index in [9.17, 15) is 14.0 Å². The van der Waals surface area contributed by atoms with Crippen molar-refractivity contribution in [2.45, 2.75) is 46.1 Å². The zero-order valence-electron chi connectivity index (χ0n) is 14.7. The third kappa shape index (κ3) is 5.05. The summed E-state index contributed by atoms with van der Waals surface area (Å²) < 4.78 is 12.9. The zero-order chi connectivity index (χ0) is 17.7. The number of nitrogens with one attached hydrogen (secondary N) is 1. The van der Waals surface area contributed by atoms with Crippen molar-refractivity contribution in [2.75, 3.05) is 13.1 Å². The average Bonchev–Trinajstić information content (AvgIpc) is 2.92. The van der Waals surface area contributed by atoms with Gasteiger partial charge >= 0.3 is 0 Å². The van der Waals surface area contributed by atoms with Gasteiger partial charge in [0.05, 0.1) is 6.04 Å². The minimum Gasteiger partial charge on any atom is -0.351 e. The molecule has 4 nitrogen and oxygen atoms in total. The van der Waals surface area contributed by atoms with Crippen LogP contribution in [0.25, 0.3) is 0 Å².